The third-order valence-corrected chi connectivity index (χ3v) is 2.78. The number of methoxy groups -OCH3 is 2. The second-order valence-electron chi connectivity index (χ2n) is 3.94. The Kier molecular flexibility index (Phi) is 3.71. The largest absolute Gasteiger partial charge is 0.508 e. The fourth-order valence-corrected chi connectivity index (χ4v) is 1.77. The highest BCUT2D eigenvalue weighted by Crippen LogP contribution is 2.26. The summed E-state index contributed by atoms with van der Waals surface area (Å²) in [4.78, 5) is 12.3. The molecule has 0 spiro atoms. The van der Waals surface area contributed by atoms with Crippen LogP contribution in [-0.2, 0) is 0 Å². The molecule has 4 nitrogen and oxygen atoms in total. The average molecular weight is 258 g/mol. The lowest BCUT2D eigenvalue weighted by Crippen LogP contribution is -2.03. The summed E-state index contributed by atoms with van der Waals surface area (Å²) in [7, 11) is 3.05. The van der Waals surface area contributed by atoms with Crippen LogP contribution < -0.4 is 9.47 Å². The van der Waals surface area contributed by atoms with Crippen molar-refractivity contribution in [2.24, 2.45) is 0 Å². The summed E-state index contributed by atoms with van der Waals surface area (Å²) in [5, 5.41) is 9.48. The monoisotopic (exact) mass is 258 g/mol. The second-order valence-corrected chi connectivity index (χ2v) is 3.94. The van der Waals surface area contributed by atoms with Crippen molar-refractivity contribution in [3.8, 4) is 17.2 Å². The van der Waals surface area contributed by atoms with Crippen molar-refractivity contribution in [1.29, 1.82) is 0 Å². The van der Waals surface area contributed by atoms with Crippen molar-refractivity contribution in [2.75, 3.05) is 14.2 Å². The normalized spacial score (nSPS) is 10.0. The second kappa shape index (κ2) is 5.44. The first-order chi connectivity index (χ1) is 9.15. The molecule has 0 aliphatic carbocycles. The van der Waals surface area contributed by atoms with Gasteiger partial charge in [-0.3, -0.25) is 4.79 Å². The van der Waals surface area contributed by atoms with Crippen molar-refractivity contribution in [1.82, 2.24) is 0 Å². The summed E-state index contributed by atoms with van der Waals surface area (Å²) < 4.78 is 10.2. The minimum Gasteiger partial charge on any atom is -0.508 e. The third kappa shape index (κ3) is 2.68. The van der Waals surface area contributed by atoms with Crippen LogP contribution >= 0.6 is 0 Å². The Labute approximate surface area is 111 Å². The molecule has 0 fully saturated rings. The number of ether oxygens (including phenoxy) is 2. The maximum Gasteiger partial charge on any atom is 0.196 e. The smallest absolute Gasteiger partial charge is 0.196 e. The summed E-state index contributed by atoms with van der Waals surface area (Å²) in [6.45, 7) is 0. The fourth-order valence-electron chi connectivity index (χ4n) is 1.77. The van der Waals surface area contributed by atoms with Gasteiger partial charge in [-0.2, -0.15) is 0 Å². The van der Waals surface area contributed by atoms with Gasteiger partial charge in [-0.25, -0.2) is 0 Å². The number of benzene rings is 2. The van der Waals surface area contributed by atoms with E-state index in [1.165, 1.54) is 19.2 Å². The summed E-state index contributed by atoms with van der Waals surface area (Å²) in [6.07, 6.45) is 0. The van der Waals surface area contributed by atoms with Crippen LogP contribution in [-0.4, -0.2) is 25.1 Å². The molecule has 0 radical (unpaired) electrons. The number of phenolic OH excluding ortho intramolecular Hbond substituents is 1. The number of hydrogen-bond acceptors (Lipinski definition) is 4. The van der Waals surface area contributed by atoms with E-state index in [1.807, 2.05) is 0 Å². The zero-order valence-electron chi connectivity index (χ0n) is 10.7. The Morgan fingerprint density at radius 1 is 1.00 bits per heavy atom. The highest BCUT2D eigenvalue weighted by molar-refractivity contribution is 6.11. The van der Waals surface area contributed by atoms with Crippen LogP contribution in [0.2, 0.25) is 0 Å². The van der Waals surface area contributed by atoms with Gasteiger partial charge in [-0.05, 0) is 42.5 Å². The quantitative estimate of drug-likeness (QED) is 0.856. The lowest BCUT2D eigenvalue weighted by Gasteiger charge is -2.08. The lowest BCUT2D eigenvalue weighted by atomic mass is 10.0. The number of rotatable bonds is 4. The van der Waals surface area contributed by atoms with Gasteiger partial charge in [0.2, 0.25) is 0 Å². The van der Waals surface area contributed by atoms with E-state index in [1.54, 1.807) is 37.4 Å². The van der Waals surface area contributed by atoms with Gasteiger partial charge in [0.05, 0.1) is 19.8 Å². The van der Waals surface area contributed by atoms with E-state index >= 15 is 0 Å². The zero-order valence-corrected chi connectivity index (χ0v) is 10.7. The predicted molar refractivity (Wildman–Crippen MR) is 71.1 cm³/mol. The van der Waals surface area contributed by atoms with Crippen molar-refractivity contribution >= 4 is 5.78 Å². The van der Waals surface area contributed by atoms with Crippen LogP contribution in [0, 0.1) is 0 Å². The van der Waals surface area contributed by atoms with Crippen LogP contribution in [0.3, 0.4) is 0 Å². The van der Waals surface area contributed by atoms with Gasteiger partial charge < -0.3 is 14.6 Å². The average Bonchev–Trinajstić information content (AvgIpc) is 2.46. The van der Waals surface area contributed by atoms with Gasteiger partial charge in [0.15, 0.2) is 5.78 Å². The molecule has 4 heteroatoms. The molecule has 0 aromatic heterocycles. The Morgan fingerprint density at radius 3 is 2.26 bits per heavy atom. The first kappa shape index (κ1) is 13.0. The molecule has 0 aliphatic heterocycles. The maximum atomic E-state index is 12.3. The molecular weight excluding hydrogens is 244 g/mol. The summed E-state index contributed by atoms with van der Waals surface area (Å²) in [5.74, 6) is 0.922. The minimum atomic E-state index is -0.213. The molecule has 0 saturated carbocycles. The molecule has 1 N–H and O–H groups in total. The number of aromatic hydroxyl groups is 1. The highest BCUT2D eigenvalue weighted by Gasteiger charge is 2.15. The summed E-state index contributed by atoms with van der Waals surface area (Å²) in [6, 6.07) is 11.2. The lowest BCUT2D eigenvalue weighted by molar-refractivity contribution is 0.103. The maximum absolute atomic E-state index is 12.3. The molecule has 2 aromatic rings. The number of ketones is 1. The molecule has 2 rings (SSSR count). The van der Waals surface area contributed by atoms with Crippen molar-refractivity contribution < 1.29 is 19.4 Å². The Morgan fingerprint density at radius 2 is 1.68 bits per heavy atom. The summed E-state index contributed by atoms with van der Waals surface area (Å²) in [5.41, 5.74) is 0.831. The molecule has 19 heavy (non-hydrogen) atoms. The Hall–Kier alpha value is -2.49. The highest BCUT2D eigenvalue weighted by atomic mass is 16.5. The molecule has 0 amide bonds. The zero-order chi connectivity index (χ0) is 13.8. The van der Waals surface area contributed by atoms with Crippen LogP contribution in [0.15, 0.2) is 42.5 Å². The van der Waals surface area contributed by atoms with E-state index < -0.39 is 0 Å². The van der Waals surface area contributed by atoms with Gasteiger partial charge in [0, 0.05) is 5.56 Å². The predicted octanol–water partition coefficient (Wildman–Crippen LogP) is 2.64. The SMILES string of the molecule is COc1ccc(C(=O)c2cc(O)ccc2OC)cc1. The van der Waals surface area contributed by atoms with Gasteiger partial charge in [0.25, 0.3) is 0 Å². The minimum absolute atomic E-state index is 0.0256. The van der Waals surface area contributed by atoms with Crippen molar-refractivity contribution in [3.05, 3.63) is 53.6 Å². The van der Waals surface area contributed by atoms with E-state index in [4.69, 9.17) is 9.47 Å². The van der Waals surface area contributed by atoms with Crippen molar-refractivity contribution in [3.63, 3.8) is 0 Å². The van der Waals surface area contributed by atoms with Crippen molar-refractivity contribution in [2.45, 2.75) is 0 Å². The third-order valence-electron chi connectivity index (χ3n) is 2.78. The van der Waals surface area contributed by atoms with E-state index in [-0.39, 0.29) is 11.5 Å². The molecule has 2 aromatic carbocycles. The number of phenols is 1. The Bertz CT molecular complexity index is 588. The van der Waals surface area contributed by atoms with Crippen LogP contribution in [0.1, 0.15) is 15.9 Å². The first-order valence-electron chi connectivity index (χ1n) is 5.71. The molecule has 0 bridgehead atoms. The number of hydrogen-bond donors (Lipinski definition) is 1. The molecule has 98 valence electrons. The first-order valence-corrected chi connectivity index (χ1v) is 5.71. The Balaban J connectivity index is 2.40. The fraction of sp³-hybridized carbons (Fsp3) is 0.133. The van der Waals surface area contributed by atoms with Crippen LogP contribution in [0.5, 0.6) is 17.2 Å². The van der Waals surface area contributed by atoms with E-state index in [0.29, 0.717) is 22.6 Å². The summed E-state index contributed by atoms with van der Waals surface area (Å²) >= 11 is 0. The van der Waals surface area contributed by atoms with Crippen LogP contribution in [0.4, 0.5) is 0 Å². The molecular formula is C15H14O4. The van der Waals surface area contributed by atoms with E-state index in [9.17, 15) is 9.90 Å². The van der Waals surface area contributed by atoms with Gasteiger partial charge in [-0.1, -0.05) is 0 Å². The van der Waals surface area contributed by atoms with Crippen LogP contribution in [0.25, 0.3) is 0 Å². The molecule has 0 atom stereocenters. The number of carbonyl (C=O) groups excluding carboxylic acids is 1. The van der Waals surface area contributed by atoms with E-state index in [0.717, 1.165) is 0 Å². The molecule has 0 saturated heterocycles. The van der Waals surface area contributed by atoms with Gasteiger partial charge in [-0.15, -0.1) is 0 Å². The van der Waals surface area contributed by atoms with E-state index in [2.05, 4.69) is 0 Å². The van der Waals surface area contributed by atoms with Gasteiger partial charge >= 0.3 is 0 Å². The topological polar surface area (TPSA) is 55.8 Å². The van der Waals surface area contributed by atoms with Gasteiger partial charge in [0.1, 0.15) is 17.2 Å². The molecule has 0 aliphatic rings. The molecule has 0 unspecified atom stereocenters. The standard InChI is InChI=1S/C15H14O4/c1-18-12-6-3-10(4-7-12)15(17)13-9-11(16)5-8-14(13)19-2/h3-9,16H,1-2H3. The number of carbonyl (C=O) groups is 1. The molecule has 0 heterocycles.